The van der Waals surface area contributed by atoms with Gasteiger partial charge in [0.05, 0.1) is 24.5 Å². The molecule has 0 saturated carbocycles. The highest BCUT2D eigenvalue weighted by Gasteiger charge is 2.60. The third-order valence-electron chi connectivity index (χ3n) is 8.96. The van der Waals surface area contributed by atoms with Crippen LogP contribution in [0.2, 0.25) is 0 Å². The molecule has 0 bridgehead atoms. The maximum absolute atomic E-state index is 14.3. The zero-order chi connectivity index (χ0) is 35.6. The van der Waals surface area contributed by atoms with Crippen LogP contribution in [0, 0.1) is 0 Å². The van der Waals surface area contributed by atoms with Gasteiger partial charge in [-0.3, -0.25) is 19.2 Å². The summed E-state index contributed by atoms with van der Waals surface area (Å²) in [5.74, 6) is -3.21. The van der Waals surface area contributed by atoms with Crippen molar-refractivity contribution in [3.8, 4) is 5.75 Å². The van der Waals surface area contributed by atoms with Gasteiger partial charge in [-0.15, -0.1) is 12.4 Å². The highest BCUT2D eigenvalue weighted by molar-refractivity contribution is 5.92. The number of primary amides is 2. The number of ether oxygens (including phenoxy) is 1. The van der Waals surface area contributed by atoms with Crippen LogP contribution in [0.1, 0.15) is 58.9 Å². The minimum Gasteiger partial charge on any atom is -0.484 e. The summed E-state index contributed by atoms with van der Waals surface area (Å²) in [5, 5.41) is 16.9. The second kappa shape index (κ2) is 18.0. The number of nitrogens with two attached hydrogens (primary N) is 2. The van der Waals surface area contributed by atoms with Gasteiger partial charge in [0, 0.05) is 32.1 Å². The molecule has 5 atom stereocenters. The number of nitrogens with zero attached hydrogens (tertiary/aromatic N) is 2. The first-order chi connectivity index (χ1) is 22.6. The molecule has 49 heavy (non-hydrogen) atoms. The molecule has 5 amide bonds. The van der Waals surface area contributed by atoms with E-state index in [1.165, 1.54) is 0 Å². The lowest BCUT2D eigenvalue weighted by atomic mass is 9.93. The standard InChI is InChI=1S/C35H50N6O7.ClH/c1-6-18-40(5)24-14-16-25(17-15-24)48-22-30(43)38-27(21-29(36)42)33(46)39-26(20-23-11-8-7-9-12-23)31(44)34(47)41(35(2,3)4)19-10-13-28(41)32(37)45;/h7-9,11-12,14-17,26-28,31,44H,6,10,13,18-22H2,1-5H3,(H5-,36,37,38,39,42,43,45,46);1H/p+1/t26-,27-,28-,31-,41?;/m0./s1. The monoisotopic (exact) mass is 703 g/mol. The fourth-order valence-corrected chi connectivity index (χ4v) is 6.52. The smallest absolute Gasteiger partial charge is 0.345 e. The van der Waals surface area contributed by atoms with E-state index in [4.69, 9.17) is 16.2 Å². The molecule has 1 aliphatic heterocycles. The Morgan fingerprint density at radius 1 is 1.02 bits per heavy atom. The number of anilines is 1. The molecule has 1 aliphatic rings. The summed E-state index contributed by atoms with van der Waals surface area (Å²) in [6.45, 7) is 8.24. The zero-order valence-corrected chi connectivity index (χ0v) is 29.8. The number of aliphatic hydroxyl groups is 1. The lowest BCUT2D eigenvalue weighted by molar-refractivity contribution is -0.904. The second-order valence-electron chi connectivity index (χ2n) is 13.4. The Bertz CT molecular complexity index is 1440. The number of carbonyl (C=O) groups excluding carboxylic acids is 5. The first-order valence-electron chi connectivity index (χ1n) is 16.4. The van der Waals surface area contributed by atoms with Gasteiger partial charge in [0.15, 0.2) is 18.8 Å². The first kappa shape index (κ1) is 41.0. The molecule has 14 heteroatoms. The predicted octanol–water partition coefficient (Wildman–Crippen LogP) is 1.57. The summed E-state index contributed by atoms with van der Waals surface area (Å²) in [6.07, 6.45) is -0.340. The van der Waals surface area contributed by atoms with E-state index in [9.17, 15) is 29.1 Å². The van der Waals surface area contributed by atoms with Crippen molar-refractivity contribution in [1.82, 2.24) is 10.6 Å². The van der Waals surface area contributed by atoms with E-state index in [0.717, 1.165) is 18.7 Å². The van der Waals surface area contributed by atoms with Crippen molar-refractivity contribution >= 4 is 47.6 Å². The average Bonchev–Trinajstić information content (AvgIpc) is 3.50. The predicted molar refractivity (Wildman–Crippen MR) is 189 cm³/mol. The number of carbonyl (C=O) groups is 5. The Labute approximate surface area is 294 Å². The van der Waals surface area contributed by atoms with Crippen LogP contribution < -0.4 is 31.7 Å². The molecule has 1 fully saturated rings. The molecular formula is C35H52ClN6O7+. The normalized spacial score (nSPS) is 19.0. The third kappa shape index (κ3) is 10.4. The highest BCUT2D eigenvalue weighted by atomic mass is 35.5. The number of rotatable bonds is 16. The van der Waals surface area contributed by atoms with Crippen molar-refractivity contribution in [2.75, 3.05) is 31.6 Å². The number of aliphatic hydroxyl groups excluding tert-OH is 1. The Balaban J connectivity index is 0.00000833. The number of likely N-dealkylation sites (tertiary alicyclic amines) is 1. The van der Waals surface area contributed by atoms with Crippen LogP contribution in [0.15, 0.2) is 54.6 Å². The van der Waals surface area contributed by atoms with Gasteiger partial charge < -0.3 is 36.8 Å². The topological polar surface area (TPSA) is 194 Å². The molecule has 13 nitrogen and oxygen atoms in total. The van der Waals surface area contributed by atoms with Crippen LogP contribution >= 0.6 is 12.4 Å². The van der Waals surface area contributed by atoms with Gasteiger partial charge in [-0.2, -0.15) is 0 Å². The molecule has 0 aromatic heterocycles. The quantitative estimate of drug-likeness (QED) is 0.163. The van der Waals surface area contributed by atoms with E-state index in [-0.39, 0.29) is 29.9 Å². The van der Waals surface area contributed by atoms with Gasteiger partial charge in [-0.25, -0.2) is 9.28 Å². The lowest BCUT2D eigenvalue weighted by Crippen LogP contribution is -2.72. The van der Waals surface area contributed by atoms with Crippen molar-refractivity contribution in [2.45, 2.75) is 89.6 Å². The molecule has 3 rings (SSSR count). The number of hydrogen-bond donors (Lipinski definition) is 5. The Morgan fingerprint density at radius 2 is 1.65 bits per heavy atom. The van der Waals surface area contributed by atoms with E-state index >= 15 is 0 Å². The van der Waals surface area contributed by atoms with E-state index in [1.54, 1.807) is 42.5 Å². The highest BCUT2D eigenvalue weighted by Crippen LogP contribution is 2.38. The SMILES string of the molecule is CCCN(C)c1ccc(OCC(=O)N[C@@H](CC(N)=O)C(=O)N[C@@H](Cc2ccccc2)[C@H](O)C(=O)[N+]2(C(C)(C)C)CCC[C@H]2C(N)=O)cc1.Cl. The lowest BCUT2D eigenvalue weighted by Gasteiger charge is -2.47. The number of amides is 5. The third-order valence-corrected chi connectivity index (χ3v) is 8.96. The molecular weight excluding hydrogens is 652 g/mol. The van der Waals surface area contributed by atoms with Gasteiger partial charge in [0.25, 0.3) is 11.8 Å². The number of benzene rings is 2. The number of hydrogen-bond acceptors (Lipinski definition) is 8. The van der Waals surface area contributed by atoms with E-state index in [0.29, 0.717) is 24.2 Å². The Kier molecular flexibility index (Phi) is 15.0. The summed E-state index contributed by atoms with van der Waals surface area (Å²) in [7, 11) is 1.98. The average molecular weight is 704 g/mol. The molecule has 1 unspecified atom stereocenters. The minimum atomic E-state index is -1.76. The van der Waals surface area contributed by atoms with E-state index in [1.807, 2.05) is 40.0 Å². The summed E-state index contributed by atoms with van der Waals surface area (Å²) in [6, 6.07) is 12.7. The first-order valence-corrected chi connectivity index (χ1v) is 16.4. The molecule has 2 aromatic rings. The van der Waals surface area contributed by atoms with Gasteiger partial charge >= 0.3 is 5.91 Å². The van der Waals surface area contributed by atoms with Gasteiger partial charge in [-0.1, -0.05) is 37.3 Å². The molecule has 270 valence electrons. The van der Waals surface area contributed by atoms with Crippen LogP contribution in [0.25, 0.3) is 0 Å². The fraction of sp³-hybridized carbons (Fsp3) is 0.514. The maximum Gasteiger partial charge on any atom is 0.345 e. The van der Waals surface area contributed by atoms with Crippen molar-refractivity contribution < 1.29 is 38.3 Å². The molecule has 0 spiro atoms. The Hall–Kier alpha value is -4.20. The second-order valence-corrected chi connectivity index (χ2v) is 13.4. The van der Waals surface area contributed by atoms with Gasteiger partial charge in [-0.05, 0) is 63.4 Å². The summed E-state index contributed by atoms with van der Waals surface area (Å²) >= 11 is 0. The molecule has 0 aliphatic carbocycles. The van der Waals surface area contributed by atoms with E-state index in [2.05, 4.69) is 22.5 Å². The number of quaternary nitrogens is 1. The molecule has 7 N–H and O–H groups in total. The summed E-state index contributed by atoms with van der Waals surface area (Å²) in [5.41, 5.74) is 12.1. The van der Waals surface area contributed by atoms with Crippen molar-refractivity contribution in [2.24, 2.45) is 11.5 Å². The van der Waals surface area contributed by atoms with Crippen LogP contribution in [-0.4, -0.2) is 95.6 Å². The van der Waals surface area contributed by atoms with Crippen molar-refractivity contribution in [3.05, 3.63) is 60.2 Å². The van der Waals surface area contributed by atoms with E-state index < -0.39 is 72.3 Å². The van der Waals surface area contributed by atoms with Crippen molar-refractivity contribution in [1.29, 1.82) is 0 Å². The van der Waals surface area contributed by atoms with Gasteiger partial charge in [0.2, 0.25) is 11.8 Å². The molecule has 0 radical (unpaired) electrons. The Morgan fingerprint density at radius 3 is 2.20 bits per heavy atom. The van der Waals surface area contributed by atoms with Gasteiger partial charge in [0.1, 0.15) is 11.8 Å². The maximum atomic E-state index is 14.3. The minimum absolute atomic E-state index is 0. The molecule has 2 aromatic carbocycles. The number of nitrogens with one attached hydrogen (secondary N) is 2. The van der Waals surface area contributed by atoms with Crippen LogP contribution in [0.3, 0.4) is 0 Å². The summed E-state index contributed by atoms with van der Waals surface area (Å²) in [4.78, 5) is 67.4. The zero-order valence-electron chi connectivity index (χ0n) is 29.0. The van der Waals surface area contributed by atoms with Crippen LogP contribution in [0.5, 0.6) is 5.75 Å². The van der Waals surface area contributed by atoms with Crippen molar-refractivity contribution in [3.63, 3.8) is 0 Å². The number of halogens is 1. The largest absolute Gasteiger partial charge is 0.484 e. The van der Waals surface area contributed by atoms with Crippen LogP contribution in [0.4, 0.5) is 5.69 Å². The summed E-state index contributed by atoms with van der Waals surface area (Å²) < 4.78 is 5.23. The molecule has 1 heterocycles. The van der Waals surface area contributed by atoms with Crippen LogP contribution in [-0.2, 0) is 30.4 Å². The molecule has 1 saturated heterocycles. The fourth-order valence-electron chi connectivity index (χ4n) is 6.52.